The minimum Gasteiger partial charge on any atom is -0.394 e. The molecule has 2 atom stereocenters. The van der Waals surface area contributed by atoms with Gasteiger partial charge in [0.2, 0.25) is 0 Å². The van der Waals surface area contributed by atoms with Crippen LogP contribution in [-0.2, 0) is 0 Å². The molecule has 1 saturated heterocycles. The van der Waals surface area contributed by atoms with E-state index in [1.54, 1.807) is 4.90 Å². The van der Waals surface area contributed by atoms with Crippen LogP contribution in [-0.4, -0.2) is 41.8 Å². The minimum atomic E-state index is -0.0322. The molecule has 0 saturated carbocycles. The van der Waals surface area contributed by atoms with E-state index < -0.39 is 0 Å². The quantitative estimate of drug-likeness (QED) is 0.708. The van der Waals surface area contributed by atoms with Crippen molar-refractivity contribution < 1.29 is 9.90 Å². The van der Waals surface area contributed by atoms with Crippen molar-refractivity contribution in [3.63, 3.8) is 0 Å². The first kappa shape index (κ1) is 11.3. The van der Waals surface area contributed by atoms with Gasteiger partial charge in [-0.2, -0.15) is 0 Å². The Morgan fingerprint density at radius 2 is 2.36 bits per heavy atom. The maximum Gasteiger partial charge on any atom is 0.317 e. The summed E-state index contributed by atoms with van der Waals surface area (Å²) in [6, 6.07) is -0.0258. The number of aliphatic hydroxyl groups is 1. The third-order valence-corrected chi connectivity index (χ3v) is 2.86. The molecule has 2 amide bonds. The lowest BCUT2D eigenvalue weighted by Crippen LogP contribution is -2.45. The highest BCUT2D eigenvalue weighted by Crippen LogP contribution is 2.23. The molecule has 0 radical (unpaired) electrons. The van der Waals surface area contributed by atoms with Gasteiger partial charge in [-0.1, -0.05) is 13.8 Å². The minimum absolute atomic E-state index is 0.00635. The van der Waals surface area contributed by atoms with Gasteiger partial charge >= 0.3 is 6.03 Å². The molecule has 0 aromatic rings. The van der Waals surface area contributed by atoms with Gasteiger partial charge in [0.05, 0.1) is 12.6 Å². The Bertz CT molecular complexity index is 197. The molecule has 1 aliphatic heterocycles. The van der Waals surface area contributed by atoms with Crippen LogP contribution in [0.1, 0.15) is 26.7 Å². The Balaban J connectivity index is 2.46. The number of likely N-dealkylation sites (tertiary alicyclic amines) is 1. The number of aliphatic hydroxyl groups excluding tert-OH is 1. The molecule has 1 heterocycles. The zero-order chi connectivity index (χ0) is 10.6. The molecular formula is C10H20N2O2. The first-order valence-electron chi connectivity index (χ1n) is 5.36. The van der Waals surface area contributed by atoms with Gasteiger partial charge in [-0.3, -0.25) is 0 Å². The van der Waals surface area contributed by atoms with Crippen molar-refractivity contribution in [2.24, 2.45) is 5.92 Å². The van der Waals surface area contributed by atoms with Crippen LogP contribution in [0.5, 0.6) is 0 Å². The Labute approximate surface area is 85.3 Å². The molecule has 0 aliphatic carbocycles. The molecule has 0 spiro atoms. The number of urea groups is 1. The largest absolute Gasteiger partial charge is 0.394 e. The number of carbonyl (C=O) groups excluding carboxylic acids is 1. The van der Waals surface area contributed by atoms with Crippen LogP contribution in [0.25, 0.3) is 0 Å². The van der Waals surface area contributed by atoms with Gasteiger partial charge in [-0.15, -0.1) is 0 Å². The number of hydrogen-bond acceptors (Lipinski definition) is 2. The molecule has 4 heteroatoms. The lowest BCUT2D eigenvalue weighted by atomic mass is 10.0. The normalized spacial score (nSPS) is 26.6. The van der Waals surface area contributed by atoms with Gasteiger partial charge in [0, 0.05) is 13.1 Å². The SMILES string of the molecule is CCCNC(=O)N1CCC(C)C1CO. The van der Waals surface area contributed by atoms with E-state index in [4.69, 9.17) is 5.11 Å². The fraction of sp³-hybridized carbons (Fsp3) is 0.900. The Morgan fingerprint density at radius 3 is 2.93 bits per heavy atom. The summed E-state index contributed by atoms with van der Waals surface area (Å²) in [5, 5.41) is 12.0. The summed E-state index contributed by atoms with van der Waals surface area (Å²) in [4.78, 5) is 13.4. The monoisotopic (exact) mass is 200 g/mol. The standard InChI is InChI=1S/C10H20N2O2/c1-3-5-11-10(14)12-6-4-8(2)9(12)7-13/h8-9,13H,3-7H2,1-2H3,(H,11,14). The Kier molecular flexibility index (Phi) is 4.20. The van der Waals surface area contributed by atoms with E-state index in [9.17, 15) is 4.79 Å². The molecule has 0 aromatic heterocycles. The lowest BCUT2D eigenvalue weighted by Gasteiger charge is -2.25. The van der Waals surface area contributed by atoms with Crippen LogP contribution in [0, 0.1) is 5.92 Å². The van der Waals surface area contributed by atoms with Gasteiger partial charge in [0.1, 0.15) is 0 Å². The van der Waals surface area contributed by atoms with E-state index in [0.29, 0.717) is 12.5 Å². The highest BCUT2D eigenvalue weighted by atomic mass is 16.3. The number of amides is 2. The molecule has 1 rings (SSSR count). The highest BCUT2D eigenvalue weighted by Gasteiger charge is 2.33. The molecule has 14 heavy (non-hydrogen) atoms. The molecule has 2 N–H and O–H groups in total. The van der Waals surface area contributed by atoms with Crippen molar-refractivity contribution >= 4 is 6.03 Å². The van der Waals surface area contributed by atoms with E-state index in [2.05, 4.69) is 12.2 Å². The Hall–Kier alpha value is -0.770. The van der Waals surface area contributed by atoms with Crippen molar-refractivity contribution in [1.82, 2.24) is 10.2 Å². The molecule has 0 bridgehead atoms. The molecular weight excluding hydrogens is 180 g/mol. The number of nitrogens with zero attached hydrogens (tertiary/aromatic N) is 1. The van der Waals surface area contributed by atoms with Crippen molar-refractivity contribution in [2.75, 3.05) is 19.7 Å². The Morgan fingerprint density at radius 1 is 1.64 bits per heavy atom. The van der Waals surface area contributed by atoms with Crippen molar-refractivity contribution in [1.29, 1.82) is 0 Å². The average molecular weight is 200 g/mol. The van der Waals surface area contributed by atoms with Crippen LogP contribution in [0.2, 0.25) is 0 Å². The van der Waals surface area contributed by atoms with Crippen LogP contribution < -0.4 is 5.32 Å². The van der Waals surface area contributed by atoms with Crippen molar-refractivity contribution in [2.45, 2.75) is 32.7 Å². The van der Waals surface area contributed by atoms with Crippen LogP contribution in [0.4, 0.5) is 4.79 Å². The smallest absolute Gasteiger partial charge is 0.317 e. The lowest BCUT2D eigenvalue weighted by molar-refractivity contribution is 0.144. The number of rotatable bonds is 3. The van der Waals surface area contributed by atoms with E-state index in [0.717, 1.165) is 19.4 Å². The topological polar surface area (TPSA) is 52.6 Å². The number of hydrogen-bond donors (Lipinski definition) is 2. The van der Waals surface area contributed by atoms with Crippen molar-refractivity contribution in [3.05, 3.63) is 0 Å². The van der Waals surface area contributed by atoms with Crippen molar-refractivity contribution in [3.8, 4) is 0 Å². The zero-order valence-electron chi connectivity index (χ0n) is 8.99. The number of nitrogens with one attached hydrogen (secondary N) is 1. The molecule has 82 valence electrons. The summed E-state index contributed by atoms with van der Waals surface area (Å²) in [5.41, 5.74) is 0. The third-order valence-electron chi connectivity index (χ3n) is 2.86. The maximum absolute atomic E-state index is 11.6. The van der Waals surface area contributed by atoms with Gasteiger partial charge in [-0.05, 0) is 18.8 Å². The van der Waals surface area contributed by atoms with Gasteiger partial charge in [0.15, 0.2) is 0 Å². The van der Waals surface area contributed by atoms with E-state index in [-0.39, 0.29) is 18.7 Å². The summed E-state index contributed by atoms with van der Waals surface area (Å²) in [6.07, 6.45) is 1.93. The molecule has 1 fully saturated rings. The summed E-state index contributed by atoms with van der Waals surface area (Å²) in [7, 11) is 0. The molecule has 1 aliphatic rings. The second-order valence-electron chi connectivity index (χ2n) is 3.94. The molecule has 0 aromatic carbocycles. The van der Waals surface area contributed by atoms with Gasteiger partial charge < -0.3 is 15.3 Å². The van der Waals surface area contributed by atoms with E-state index in [1.165, 1.54) is 0 Å². The molecule has 2 unspecified atom stereocenters. The van der Waals surface area contributed by atoms with Gasteiger partial charge in [-0.25, -0.2) is 4.79 Å². The summed E-state index contributed by atoms with van der Waals surface area (Å²) in [5.74, 6) is 0.410. The van der Waals surface area contributed by atoms with Crippen LogP contribution in [0.15, 0.2) is 0 Å². The number of carbonyl (C=O) groups is 1. The highest BCUT2D eigenvalue weighted by molar-refractivity contribution is 5.74. The van der Waals surface area contributed by atoms with Gasteiger partial charge in [0.25, 0.3) is 0 Å². The first-order valence-corrected chi connectivity index (χ1v) is 5.36. The molecule has 4 nitrogen and oxygen atoms in total. The first-order chi connectivity index (χ1) is 6.70. The predicted octanol–water partition coefficient (Wildman–Crippen LogP) is 0.809. The van der Waals surface area contributed by atoms with Crippen LogP contribution >= 0.6 is 0 Å². The predicted molar refractivity (Wildman–Crippen MR) is 55.1 cm³/mol. The third kappa shape index (κ3) is 2.38. The summed E-state index contributed by atoms with van der Waals surface area (Å²) < 4.78 is 0. The summed E-state index contributed by atoms with van der Waals surface area (Å²) in [6.45, 7) is 5.65. The second-order valence-corrected chi connectivity index (χ2v) is 3.94. The van der Waals surface area contributed by atoms with Crippen LogP contribution in [0.3, 0.4) is 0 Å². The second kappa shape index (κ2) is 5.20. The average Bonchev–Trinajstić information content (AvgIpc) is 2.55. The fourth-order valence-electron chi connectivity index (χ4n) is 1.87. The summed E-state index contributed by atoms with van der Waals surface area (Å²) >= 11 is 0. The van der Waals surface area contributed by atoms with E-state index >= 15 is 0 Å². The van der Waals surface area contributed by atoms with E-state index in [1.807, 2.05) is 6.92 Å². The zero-order valence-corrected chi connectivity index (χ0v) is 8.99. The maximum atomic E-state index is 11.6. The fourth-order valence-corrected chi connectivity index (χ4v) is 1.87.